The molecule has 3 aromatic rings. The Morgan fingerprint density at radius 1 is 1.14 bits per heavy atom. The number of benzene rings is 1. The molecule has 21 heavy (non-hydrogen) atoms. The van der Waals surface area contributed by atoms with Gasteiger partial charge >= 0.3 is 0 Å². The topological polar surface area (TPSA) is 68.8 Å². The van der Waals surface area contributed by atoms with Crippen molar-refractivity contribution in [3.63, 3.8) is 0 Å². The fourth-order valence-corrected chi connectivity index (χ4v) is 2.09. The van der Waals surface area contributed by atoms with Gasteiger partial charge in [0.1, 0.15) is 0 Å². The van der Waals surface area contributed by atoms with E-state index in [1.807, 2.05) is 37.6 Å². The highest BCUT2D eigenvalue weighted by Gasteiger charge is 2.06. The Hall–Kier alpha value is -2.47. The van der Waals surface area contributed by atoms with Crippen molar-refractivity contribution >= 4 is 0 Å². The predicted molar refractivity (Wildman–Crippen MR) is 77.3 cm³/mol. The highest BCUT2D eigenvalue weighted by molar-refractivity contribution is 5.18. The second kappa shape index (κ2) is 6.32. The third-order valence-corrected chi connectivity index (χ3v) is 3.08. The summed E-state index contributed by atoms with van der Waals surface area (Å²) in [5, 5.41) is 11.4. The summed E-state index contributed by atoms with van der Waals surface area (Å²) < 4.78 is 7.02. The van der Waals surface area contributed by atoms with Crippen LogP contribution in [0.25, 0.3) is 0 Å². The van der Waals surface area contributed by atoms with Crippen molar-refractivity contribution in [1.29, 1.82) is 0 Å². The van der Waals surface area contributed by atoms with E-state index in [0.29, 0.717) is 24.7 Å². The minimum atomic E-state index is 0.552. The molecule has 0 amide bonds. The molecule has 0 atom stereocenters. The summed E-state index contributed by atoms with van der Waals surface area (Å²) in [6, 6.07) is 10.1. The largest absolute Gasteiger partial charge is 0.338 e. The Bertz CT molecular complexity index is 689. The Balaban J connectivity index is 1.51. The molecule has 0 saturated carbocycles. The Morgan fingerprint density at radius 3 is 2.76 bits per heavy atom. The number of aromatic nitrogens is 4. The zero-order chi connectivity index (χ0) is 14.5. The lowest BCUT2D eigenvalue weighted by Crippen LogP contribution is -2.12. The first-order valence-corrected chi connectivity index (χ1v) is 6.83. The number of nitrogens with zero attached hydrogens (tertiary/aromatic N) is 4. The van der Waals surface area contributed by atoms with E-state index in [1.54, 1.807) is 4.68 Å². The fraction of sp³-hybridized carbons (Fsp3) is 0.267. The molecule has 0 radical (unpaired) electrons. The van der Waals surface area contributed by atoms with E-state index >= 15 is 0 Å². The normalized spacial score (nSPS) is 10.9. The molecule has 2 aromatic heterocycles. The lowest BCUT2D eigenvalue weighted by Gasteiger charge is -1.97. The van der Waals surface area contributed by atoms with Crippen molar-refractivity contribution in [3.05, 3.63) is 65.6 Å². The van der Waals surface area contributed by atoms with Crippen LogP contribution in [0.15, 0.2) is 47.2 Å². The van der Waals surface area contributed by atoms with Crippen molar-refractivity contribution in [2.75, 3.05) is 0 Å². The van der Waals surface area contributed by atoms with Crippen molar-refractivity contribution in [1.82, 2.24) is 25.2 Å². The summed E-state index contributed by atoms with van der Waals surface area (Å²) >= 11 is 0. The second-order valence-electron chi connectivity index (χ2n) is 4.89. The molecule has 3 rings (SSSR count). The smallest absolute Gasteiger partial charge is 0.240 e. The molecule has 0 aliphatic carbocycles. The van der Waals surface area contributed by atoms with E-state index < -0.39 is 0 Å². The van der Waals surface area contributed by atoms with Gasteiger partial charge in [0.05, 0.1) is 12.7 Å². The zero-order valence-electron chi connectivity index (χ0n) is 11.9. The van der Waals surface area contributed by atoms with E-state index in [4.69, 9.17) is 4.52 Å². The maximum atomic E-state index is 5.24. The lowest BCUT2D eigenvalue weighted by atomic mass is 10.1. The van der Waals surface area contributed by atoms with Crippen LogP contribution < -0.4 is 5.32 Å². The van der Waals surface area contributed by atoms with E-state index in [-0.39, 0.29) is 0 Å². The molecule has 1 aromatic carbocycles. The van der Waals surface area contributed by atoms with Gasteiger partial charge in [0.25, 0.3) is 0 Å². The van der Waals surface area contributed by atoms with Crippen LogP contribution in [-0.2, 0) is 26.6 Å². The molecular formula is C15H17N5O. The Labute approximate surface area is 122 Å². The number of nitrogens with one attached hydrogen (secondary N) is 1. The van der Waals surface area contributed by atoms with E-state index in [0.717, 1.165) is 12.1 Å². The third-order valence-electron chi connectivity index (χ3n) is 3.08. The number of aryl methyl sites for hydroxylation is 1. The maximum Gasteiger partial charge on any atom is 0.240 e. The summed E-state index contributed by atoms with van der Waals surface area (Å²) in [5.74, 6) is 1.31. The molecule has 2 heterocycles. The Morgan fingerprint density at radius 2 is 2.00 bits per heavy atom. The van der Waals surface area contributed by atoms with Gasteiger partial charge in [-0.1, -0.05) is 35.5 Å². The first kappa shape index (κ1) is 13.5. The van der Waals surface area contributed by atoms with E-state index in [9.17, 15) is 0 Å². The van der Waals surface area contributed by atoms with Gasteiger partial charge in [0, 0.05) is 31.8 Å². The van der Waals surface area contributed by atoms with Crippen LogP contribution in [-0.4, -0.2) is 19.9 Å². The van der Waals surface area contributed by atoms with Gasteiger partial charge < -0.3 is 9.84 Å². The van der Waals surface area contributed by atoms with Gasteiger partial charge in [-0.2, -0.15) is 10.1 Å². The summed E-state index contributed by atoms with van der Waals surface area (Å²) in [6.07, 6.45) is 4.50. The van der Waals surface area contributed by atoms with E-state index in [1.165, 1.54) is 5.56 Å². The second-order valence-corrected chi connectivity index (χ2v) is 4.89. The first-order chi connectivity index (χ1) is 10.3. The monoisotopic (exact) mass is 283 g/mol. The molecule has 6 nitrogen and oxygen atoms in total. The fourth-order valence-electron chi connectivity index (χ4n) is 2.09. The zero-order valence-corrected chi connectivity index (χ0v) is 11.9. The van der Waals surface area contributed by atoms with Crippen molar-refractivity contribution in [2.45, 2.75) is 19.5 Å². The van der Waals surface area contributed by atoms with Crippen LogP contribution in [0.1, 0.15) is 22.8 Å². The van der Waals surface area contributed by atoms with Crippen LogP contribution in [0.4, 0.5) is 0 Å². The van der Waals surface area contributed by atoms with Gasteiger partial charge in [-0.15, -0.1) is 0 Å². The maximum absolute atomic E-state index is 5.24. The molecule has 0 fully saturated rings. The van der Waals surface area contributed by atoms with Crippen LogP contribution in [0.5, 0.6) is 0 Å². The van der Waals surface area contributed by atoms with Crippen molar-refractivity contribution in [2.24, 2.45) is 7.05 Å². The number of hydrogen-bond acceptors (Lipinski definition) is 5. The molecule has 0 saturated heterocycles. The van der Waals surface area contributed by atoms with Gasteiger partial charge in [0.15, 0.2) is 5.82 Å². The van der Waals surface area contributed by atoms with Crippen LogP contribution in [0, 0.1) is 0 Å². The Kier molecular flexibility index (Phi) is 4.07. The highest BCUT2D eigenvalue weighted by atomic mass is 16.5. The molecular weight excluding hydrogens is 266 g/mol. The highest BCUT2D eigenvalue weighted by Crippen LogP contribution is 2.06. The van der Waals surface area contributed by atoms with Gasteiger partial charge in [-0.3, -0.25) is 4.68 Å². The summed E-state index contributed by atoms with van der Waals surface area (Å²) in [5.41, 5.74) is 2.30. The van der Waals surface area contributed by atoms with E-state index in [2.05, 4.69) is 32.7 Å². The minimum Gasteiger partial charge on any atom is -0.338 e. The quantitative estimate of drug-likeness (QED) is 0.745. The van der Waals surface area contributed by atoms with Gasteiger partial charge in [-0.25, -0.2) is 0 Å². The number of hydrogen-bond donors (Lipinski definition) is 1. The number of rotatable bonds is 6. The summed E-state index contributed by atoms with van der Waals surface area (Å²) in [7, 11) is 1.90. The average molecular weight is 283 g/mol. The average Bonchev–Trinajstić information content (AvgIpc) is 3.10. The predicted octanol–water partition coefficient (Wildman–Crippen LogP) is 1.68. The van der Waals surface area contributed by atoms with Crippen molar-refractivity contribution in [3.8, 4) is 0 Å². The lowest BCUT2D eigenvalue weighted by molar-refractivity contribution is 0.363. The summed E-state index contributed by atoms with van der Waals surface area (Å²) in [4.78, 5) is 4.38. The molecule has 6 heteroatoms. The SMILES string of the molecule is Cn1cc(CNCc2nc(Cc3ccccc3)no2)cn1. The van der Waals surface area contributed by atoms with Crippen LogP contribution in [0.3, 0.4) is 0 Å². The molecule has 0 aliphatic rings. The molecule has 0 unspecified atom stereocenters. The van der Waals surface area contributed by atoms with Crippen molar-refractivity contribution < 1.29 is 4.52 Å². The summed E-state index contributed by atoms with van der Waals surface area (Å²) in [6.45, 7) is 1.28. The van der Waals surface area contributed by atoms with Crippen LogP contribution in [0.2, 0.25) is 0 Å². The third kappa shape index (κ3) is 3.76. The standard InChI is InChI=1S/C15H17N5O/c1-20-11-13(9-17-20)8-16-10-15-18-14(19-21-15)7-12-5-3-2-4-6-12/h2-6,9,11,16H,7-8,10H2,1H3. The molecule has 0 aliphatic heterocycles. The minimum absolute atomic E-state index is 0.552. The first-order valence-electron chi connectivity index (χ1n) is 6.83. The molecule has 0 spiro atoms. The van der Waals surface area contributed by atoms with Gasteiger partial charge in [-0.05, 0) is 5.56 Å². The molecule has 1 N–H and O–H groups in total. The van der Waals surface area contributed by atoms with Gasteiger partial charge in [0.2, 0.25) is 5.89 Å². The molecule has 108 valence electrons. The van der Waals surface area contributed by atoms with Crippen LogP contribution >= 0.6 is 0 Å². The molecule has 0 bridgehead atoms.